The number of amides is 2. The smallest absolute Gasteiger partial charge is 0.356 e. The largest absolute Gasteiger partial charge is 0.498 e. The van der Waals surface area contributed by atoms with Crippen LogP contribution in [0.4, 0.5) is 5.13 Å². The number of aromatic nitrogens is 1. The third-order valence-electron chi connectivity index (χ3n) is 4.05. The van der Waals surface area contributed by atoms with E-state index in [-0.39, 0.29) is 32.4 Å². The minimum Gasteiger partial charge on any atom is -0.498 e. The lowest BCUT2D eigenvalue weighted by molar-refractivity contribution is -0.150. The van der Waals surface area contributed by atoms with Crippen LogP contribution in [0.1, 0.15) is 5.69 Å². The van der Waals surface area contributed by atoms with Crippen molar-refractivity contribution in [1.82, 2.24) is 15.2 Å². The number of fused-ring (bicyclic) bond motifs is 1. The zero-order chi connectivity index (χ0) is 22.9. The summed E-state index contributed by atoms with van der Waals surface area (Å²) in [5.41, 5.74) is 4.64. The first-order chi connectivity index (χ1) is 14.6. The average Bonchev–Trinajstić information content (AvgIpc) is 3.05. The summed E-state index contributed by atoms with van der Waals surface area (Å²) in [6.45, 7) is -0.838. The molecule has 0 saturated carbocycles. The number of hydrogen-bond acceptors (Lipinski definition) is 11. The Hall–Kier alpha value is -3.04. The van der Waals surface area contributed by atoms with E-state index in [0.717, 1.165) is 16.2 Å². The second-order valence-electron chi connectivity index (χ2n) is 5.92. The number of nitrogens with two attached hydrogens (primary N) is 1. The number of carbonyl (C=O) groups is 4. The van der Waals surface area contributed by atoms with E-state index in [9.17, 15) is 24.3 Å². The summed E-state index contributed by atoms with van der Waals surface area (Å²) in [5.74, 6) is -3.98. The molecule has 2 atom stereocenters. The topological polar surface area (TPSA) is 194 Å². The summed E-state index contributed by atoms with van der Waals surface area (Å²) in [7, 11) is 1.30. The van der Waals surface area contributed by atoms with Crippen LogP contribution in [-0.4, -0.2) is 80.4 Å². The van der Waals surface area contributed by atoms with Gasteiger partial charge in [-0.1, -0.05) is 28.1 Å². The molecule has 1 unspecified atom stereocenters. The number of thiazole rings is 1. The summed E-state index contributed by atoms with van der Waals surface area (Å²) in [5, 5.41) is 23.4. The van der Waals surface area contributed by atoms with Crippen molar-refractivity contribution in [2.24, 2.45) is 5.16 Å². The Morgan fingerprint density at radius 3 is 2.68 bits per heavy atom. The lowest BCUT2D eigenvalue weighted by atomic mass is 10.0. The van der Waals surface area contributed by atoms with Crippen molar-refractivity contribution < 1.29 is 39.0 Å². The molecule has 1 fully saturated rings. The minimum absolute atomic E-state index is 0.000220. The number of nitrogens with zero attached hydrogens (tertiary/aromatic N) is 3. The van der Waals surface area contributed by atoms with Crippen molar-refractivity contribution in [3.8, 4) is 0 Å². The standard InChI is InChI=1S/C15H14ClN5O8S2/c1-28-4-3-30-13-8(12(25)21(13)9(4)14(26)27)18-11(24)7(20-29-2-5(22)23)6-10(16)31-15(17)19-6/h8,13H,2-3H2,1H3,(H2,17,19)(H,18,24)(H,22,23)(H,26,27)/b20-7+/t8?,13-/m1/s1. The van der Waals surface area contributed by atoms with Gasteiger partial charge in [0.2, 0.25) is 6.61 Å². The van der Waals surface area contributed by atoms with Gasteiger partial charge in [0.05, 0.1) is 12.9 Å². The Labute approximate surface area is 186 Å². The molecule has 2 amide bonds. The third kappa shape index (κ3) is 4.38. The molecule has 2 aliphatic rings. The zero-order valence-corrected chi connectivity index (χ0v) is 17.9. The van der Waals surface area contributed by atoms with Gasteiger partial charge in [-0.15, -0.1) is 11.8 Å². The first-order valence-corrected chi connectivity index (χ1v) is 10.5. The second kappa shape index (κ2) is 8.99. The van der Waals surface area contributed by atoms with Crippen LogP contribution in [0.5, 0.6) is 0 Å². The van der Waals surface area contributed by atoms with Gasteiger partial charge < -0.3 is 30.8 Å². The SMILES string of the molecule is COC1=C(C(=O)O)N2C(=O)C(NC(=O)/C(=N/OCC(=O)O)c3nc(N)sc3Cl)[C@H]2SC1. The molecule has 1 aromatic heterocycles. The van der Waals surface area contributed by atoms with Crippen LogP contribution in [0.15, 0.2) is 16.6 Å². The van der Waals surface area contributed by atoms with Crippen molar-refractivity contribution in [2.75, 3.05) is 25.2 Å². The molecule has 1 saturated heterocycles. The molecular weight excluding hydrogens is 478 g/mol. The van der Waals surface area contributed by atoms with Gasteiger partial charge in [-0.25, -0.2) is 14.6 Å². The molecule has 0 aliphatic carbocycles. The van der Waals surface area contributed by atoms with Crippen LogP contribution in [0.3, 0.4) is 0 Å². The van der Waals surface area contributed by atoms with Gasteiger partial charge in [0.25, 0.3) is 11.8 Å². The van der Waals surface area contributed by atoms with Gasteiger partial charge in [-0.3, -0.25) is 14.5 Å². The second-order valence-corrected chi connectivity index (χ2v) is 8.66. The van der Waals surface area contributed by atoms with Crippen LogP contribution in [0, 0.1) is 0 Å². The van der Waals surface area contributed by atoms with E-state index in [0.29, 0.717) is 0 Å². The number of carboxylic acid groups (broad SMARTS) is 2. The zero-order valence-electron chi connectivity index (χ0n) is 15.5. The minimum atomic E-state index is -1.34. The molecule has 1 aromatic rings. The highest BCUT2D eigenvalue weighted by Crippen LogP contribution is 2.40. The van der Waals surface area contributed by atoms with Gasteiger partial charge in [-0.2, -0.15) is 0 Å². The fourth-order valence-electron chi connectivity index (χ4n) is 2.76. The normalized spacial score (nSPS) is 20.6. The average molecular weight is 492 g/mol. The summed E-state index contributed by atoms with van der Waals surface area (Å²) in [6.07, 6.45) is 0. The van der Waals surface area contributed by atoms with Crippen molar-refractivity contribution in [1.29, 1.82) is 0 Å². The Bertz CT molecular complexity index is 1030. The van der Waals surface area contributed by atoms with Crippen LogP contribution in [0.2, 0.25) is 4.34 Å². The van der Waals surface area contributed by atoms with E-state index in [4.69, 9.17) is 27.2 Å². The predicted molar refractivity (Wildman–Crippen MR) is 108 cm³/mol. The number of aliphatic carboxylic acids is 2. The number of hydrogen-bond donors (Lipinski definition) is 4. The number of anilines is 1. The van der Waals surface area contributed by atoms with Crippen molar-refractivity contribution in [3.05, 3.63) is 21.5 Å². The quantitative estimate of drug-likeness (QED) is 0.208. The number of methoxy groups -OCH3 is 1. The highest BCUT2D eigenvalue weighted by atomic mass is 35.5. The van der Waals surface area contributed by atoms with Crippen LogP contribution < -0.4 is 11.1 Å². The van der Waals surface area contributed by atoms with Gasteiger partial charge >= 0.3 is 11.9 Å². The maximum absolute atomic E-state index is 12.8. The molecule has 0 spiro atoms. The van der Waals surface area contributed by atoms with Gasteiger partial charge in [0.1, 0.15) is 27.2 Å². The highest BCUT2D eigenvalue weighted by molar-refractivity contribution is 8.00. The van der Waals surface area contributed by atoms with Crippen molar-refractivity contribution >= 4 is 69.3 Å². The molecule has 166 valence electrons. The summed E-state index contributed by atoms with van der Waals surface area (Å²) in [6, 6.07) is -1.08. The molecule has 5 N–H and O–H groups in total. The van der Waals surface area contributed by atoms with Gasteiger partial charge in [-0.05, 0) is 0 Å². The summed E-state index contributed by atoms with van der Waals surface area (Å²) >= 11 is 8.06. The number of nitrogen functional groups attached to an aromatic ring is 1. The lowest BCUT2D eigenvalue weighted by Crippen LogP contribution is -2.71. The van der Waals surface area contributed by atoms with Crippen LogP contribution >= 0.6 is 34.7 Å². The number of oxime groups is 1. The highest BCUT2D eigenvalue weighted by Gasteiger charge is 2.55. The molecule has 16 heteroatoms. The number of β-lactam (4-membered cyclic amide) rings is 1. The fraction of sp³-hybridized carbons (Fsp3) is 0.333. The molecule has 13 nitrogen and oxygen atoms in total. The van der Waals surface area contributed by atoms with Crippen molar-refractivity contribution in [3.63, 3.8) is 0 Å². The first-order valence-electron chi connectivity index (χ1n) is 8.25. The molecule has 31 heavy (non-hydrogen) atoms. The number of thioether (sulfide) groups is 1. The fourth-order valence-corrected chi connectivity index (χ4v) is 5.00. The molecule has 0 aromatic carbocycles. The number of nitrogens with one attached hydrogen (secondary N) is 1. The van der Waals surface area contributed by atoms with E-state index in [1.54, 1.807) is 0 Å². The Kier molecular flexibility index (Phi) is 6.56. The maximum Gasteiger partial charge on any atom is 0.356 e. The van der Waals surface area contributed by atoms with E-state index in [1.165, 1.54) is 18.9 Å². The van der Waals surface area contributed by atoms with E-state index >= 15 is 0 Å². The Morgan fingerprint density at radius 2 is 2.13 bits per heavy atom. The Balaban J connectivity index is 1.82. The van der Waals surface area contributed by atoms with E-state index in [2.05, 4.69) is 20.3 Å². The molecule has 0 bridgehead atoms. The first kappa shape index (κ1) is 22.6. The summed E-state index contributed by atoms with van der Waals surface area (Å²) < 4.78 is 5.04. The molecule has 0 radical (unpaired) electrons. The van der Waals surface area contributed by atoms with Crippen LogP contribution in [0.25, 0.3) is 0 Å². The Morgan fingerprint density at radius 1 is 1.42 bits per heavy atom. The summed E-state index contributed by atoms with van der Waals surface area (Å²) in [4.78, 5) is 57.1. The number of carboxylic acids is 2. The third-order valence-corrected chi connectivity index (χ3v) is 6.39. The predicted octanol–water partition coefficient (Wildman–Crippen LogP) is -0.473. The molecule has 3 heterocycles. The van der Waals surface area contributed by atoms with E-state index < -0.39 is 47.5 Å². The number of carbonyl (C=O) groups excluding carboxylic acids is 2. The molecular formula is C15H14ClN5O8S2. The lowest BCUT2D eigenvalue weighted by Gasteiger charge is -2.48. The van der Waals surface area contributed by atoms with Crippen LogP contribution in [-0.2, 0) is 28.8 Å². The van der Waals surface area contributed by atoms with Gasteiger partial charge in [0, 0.05) is 0 Å². The maximum atomic E-state index is 12.8. The molecule has 3 rings (SSSR count). The van der Waals surface area contributed by atoms with E-state index in [1.807, 2.05) is 0 Å². The molecule has 2 aliphatic heterocycles. The number of ether oxygens (including phenoxy) is 1. The van der Waals surface area contributed by atoms with Crippen molar-refractivity contribution in [2.45, 2.75) is 11.4 Å². The van der Waals surface area contributed by atoms with Gasteiger partial charge in [0.15, 0.2) is 16.5 Å². The monoisotopic (exact) mass is 491 g/mol. The number of halogens is 1. The number of rotatable bonds is 8.